The molecule has 1 aliphatic rings. The van der Waals surface area contributed by atoms with E-state index in [1.165, 1.54) is 11.6 Å². The van der Waals surface area contributed by atoms with Crippen molar-refractivity contribution in [2.24, 2.45) is 0 Å². The molecule has 0 saturated heterocycles. The predicted molar refractivity (Wildman–Crippen MR) is 97.9 cm³/mol. The fraction of sp³-hybridized carbons (Fsp3) is 0.238. The Morgan fingerprint density at radius 2 is 1.92 bits per heavy atom. The minimum Gasteiger partial charge on any atom is -0.347 e. The van der Waals surface area contributed by atoms with E-state index in [0.29, 0.717) is 17.9 Å². The molecule has 1 amide bonds. The molecule has 0 bridgehead atoms. The van der Waals surface area contributed by atoms with Gasteiger partial charge in [-0.05, 0) is 43.9 Å². The maximum Gasteiger partial charge on any atom is 0.272 e. The topological polar surface area (TPSA) is 46.9 Å². The first-order valence-corrected chi connectivity index (χ1v) is 8.83. The van der Waals surface area contributed by atoms with Gasteiger partial charge in [0, 0.05) is 17.8 Å². The zero-order valence-electron chi connectivity index (χ0n) is 14.6. The fourth-order valence-electron chi connectivity index (χ4n) is 3.41. The Morgan fingerprint density at radius 1 is 1.15 bits per heavy atom. The molecule has 26 heavy (non-hydrogen) atoms. The standard InChI is InChI=1S/C21H20FN3O/c1-14-9-11-15(12-10-14)13-23-21(26)20-16-5-4-8-18(16)25(24-20)19-7-3-2-6-17(19)22/h2-3,6-7,9-12H,4-5,8,13H2,1H3,(H,23,26). The van der Waals surface area contributed by atoms with Crippen LogP contribution in [0.25, 0.3) is 5.69 Å². The predicted octanol–water partition coefficient (Wildman–Crippen LogP) is 3.74. The Hall–Kier alpha value is -2.95. The molecule has 5 heteroatoms. The lowest BCUT2D eigenvalue weighted by atomic mass is 10.1. The van der Waals surface area contributed by atoms with E-state index in [1.807, 2.05) is 31.2 Å². The summed E-state index contributed by atoms with van der Waals surface area (Å²) in [6.07, 6.45) is 2.57. The molecule has 4 rings (SSSR count). The Bertz CT molecular complexity index is 960. The van der Waals surface area contributed by atoms with Crippen molar-refractivity contribution < 1.29 is 9.18 Å². The average molecular weight is 349 g/mol. The molecule has 0 spiro atoms. The molecule has 0 radical (unpaired) electrons. The van der Waals surface area contributed by atoms with Crippen LogP contribution in [0.15, 0.2) is 48.5 Å². The molecule has 3 aromatic rings. The minimum absolute atomic E-state index is 0.209. The van der Waals surface area contributed by atoms with Crippen LogP contribution in [0.5, 0.6) is 0 Å². The van der Waals surface area contributed by atoms with Crippen molar-refractivity contribution >= 4 is 5.91 Å². The van der Waals surface area contributed by atoms with Crippen molar-refractivity contribution in [3.63, 3.8) is 0 Å². The number of rotatable bonds is 4. The first-order valence-electron chi connectivity index (χ1n) is 8.83. The van der Waals surface area contributed by atoms with Crippen LogP contribution < -0.4 is 5.32 Å². The lowest BCUT2D eigenvalue weighted by Crippen LogP contribution is -2.24. The van der Waals surface area contributed by atoms with E-state index in [4.69, 9.17) is 0 Å². The first kappa shape index (κ1) is 16.5. The molecule has 0 aliphatic heterocycles. The van der Waals surface area contributed by atoms with Crippen molar-refractivity contribution in [1.29, 1.82) is 0 Å². The third kappa shape index (κ3) is 3.01. The first-order chi connectivity index (χ1) is 12.6. The highest BCUT2D eigenvalue weighted by molar-refractivity contribution is 5.94. The van der Waals surface area contributed by atoms with E-state index in [2.05, 4.69) is 10.4 Å². The summed E-state index contributed by atoms with van der Waals surface area (Å²) in [5, 5.41) is 7.39. The third-order valence-electron chi connectivity index (χ3n) is 4.80. The molecule has 1 N–H and O–H groups in total. The van der Waals surface area contributed by atoms with Crippen LogP contribution in [0.1, 0.15) is 39.3 Å². The van der Waals surface area contributed by atoms with Gasteiger partial charge in [0.05, 0.1) is 0 Å². The molecular formula is C21H20FN3O. The number of hydrogen-bond donors (Lipinski definition) is 1. The summed E-state index contributed by atoms with van der Waals surface area (Å²) < 4.78 is 15.8. The minimum atomic E-state index is -0.337. The Morgan fingerprint density at radius 3 is 2.69 bits per heavy atom. The van der Waals surface area contributed by atoms with Crippen LogP contribution >= 0.6 is 0 Å². The van der Waals surface area contributed by atoms with E-state index >= 15 is 0 Å². The lowest BCUT2D eigenvalue weighted by molar-refractivity contribution is 0.0944. The summed E-state index contributed by atoms with van der Waals surface area (Å²) in [6.45, 7) is 2.47. The molecular weight excluding hydrogens is 329 g/mol. The molecule has 1 heterocycles. The zero-order chi connectivity index (χ0) is 18.1. The van der Waals surface area contributed by atoms with Gasteiger partial charge in [-0.2, -0.15) is 5.10 Å². The largest absolute Gasteiger partial charge is 0.347 e. The normalized spacial score (nSPS) is 12.8. The van der Waals surface area contributed by atoms with Gasteiger partial charge >= 0.3 is 0 Å². The van der Waals surface area contributed by atoms with Gasteiger partial charge in [-0.3, -0.25) is 4.79 Å². The van der Waals surface area contributed by atoms with E-state index in [0.717, 1.165) is 36.1 Å². The average Bonchev–Trinajstić information content (AvgIpc) is 3.24. The number of aromatic nitrogens is 2. The highest BCUT2D eigenvalue weighted by Gasteiger charge is 2.27. The molecule has 0 unspecified atom stereocenters. The van der Waals surface area contributed by atoms with Crippen LogP contribution in [-0.4, -0.2) is 15.7 Å². The van der Waals surface area contributed by atoms with E-state index < -0.39 is 0 Å². The Balaban J connectivity index is 1.61. The number of nitrogens with one attached hydrogen (secondary N) is 1. The van der Waals surface area contributed by atoms with Crippen LogP contribution in [0, 0.1) is 12.7 Å². The summed E-state index contributed by atoms with van der Waals surface area (Å²) in [7, 11) is 0. The van der Waals surface area contributed by atoms with Crippen LogP contribution in [0.2, 0.25) is 0 Å². The van der Waals surface area contributed by atoms with E-state index in [-0.39, 0.29) is 11.7 Å². The molecule has 132 valence electrons. The van der Waals surface area contributed by atoms with Crippen molar-refractivity contribution in [3.8, 4) is 5.69 Å². The molecule has 0 atom stereocenters. The van der Waals surface area contributed by atoms with Gasteiger partial charge in [0.2, 0.25) is 0 Å². The molecule has 0 fully saturated rings. The van der Waals surface area contributed by atoms with Gasteiger partial charge in [0.1, 0.15) is 11.5 Å². The van der Waals surface area contributed by atoms with E-state index in [9.17, 15) is 9.18 Å². The van der Waals surface area contributed by atoms with Crippen molar-refractivity contribution in [2.75, 3.05) is 0 Å². The second-order valence-corrected chi connectivity index (χ2v) is 6.66. The van der Waals surface area contributed by atoms with Crippen LogP contribution in [0.3, 0.4) is 0 Å². The van der Waals surface area contributed by atoms with Gasteiger partial charge in [-0.25, -0.2) is 9.07 Å². The molecule has 1 aliphatic carbocycles. The summed E-state index contributed by atoms with van der Waals surface area (Å²) >= 11 is 0. The van der Waals surface area contributed by atoms with Crippen LogP contribution in [0.4, 0.5) is 4.39 Å². The molecule has 2 aromatic carbocycles. The lowest BCUT2D eigenvalue weighted by Gasteiger charge is -2.06. The second kappa shape index (κ2) is 6.75. The summed E-state index contributed by atoms with van der Waals surface area (Å²) in [4.78, 5) is 12.7. The number of amides is 1. The molecule has 0 saturated carbocycles. The quantitative estimate of drug-likeness (QED) is 0.780. The maximum absolute atomic E-state index is 14.2. The summed E-state index contributed by atoms with van der Waals surface area (Å²) in [5.74, 6) is -0.546. The highest BCUT2D eigenvalue weighted by atomic mass is 19.1. The highest BCUT2D eigenvalue weighted by Crippen LogP contribution is 2.28. The Kier molecular flexibility index (Phi) is 4.29. The summed E-state index contributed by atoms with van der Waals surface area (Å²) in [6, 6.07) is 14.6. The van der Waals surface area contributed by atoms with Gasteiger partial charge in [0.25, 0.3) is 5.91 Å². The van der Waals surface area contributed by atoms with Crippen molar-refractivity contribution in [2.45, 2.75) is 32.7 Å². The number of nitrogens with zero attached hydrogens (tertiary/aromatic N) is 2. The molecule has 1 aromatic heterocycles. The van der Waals surface area contributed by atoms with Crippen molar-refractivity contribution in [3.05, 3.63) is 82.4 Å². The number of hydrogen-bond acceptors (Lipinski definition) is 2. The van der Waals surface area contributed by atoms with Gasteiger partial charge in [0.15, 0.2) is 5.69 Å². The van der Waals surface area contributed by atoms with E-state index in [1.54, 1.807) is 22.9 Å². The SMILES string of the molecule is Cc1ccc(CNC(=O)c2nn(-c3ccccc3F)c3c2CCC3)cc1. The number of halogens is 1. The zero-order valence-corrected chi connectivity index (χ0v) is 14.6. The van der Waals surface area contributed by atoms with Gasteiger partial charge in [-0.1, -0.05) is 42.0 Å². The third-order valence-corrected chi connectivity index (χ3v) is 4.80. The number of benzene rings is 2. The number of para-hydroxylation sites is 1. The van der Waals surface area contributed by atoms with Gasteiger partial charge in [-0.15, -0.1) is 0 Å². The summed E-state index contributed by atoms with van der Waals surface area (Å²) in [5.41, 5.74) is 4.90. The van der Waals surface area contributed by atoms with Crippen LogP contribution in [-0.2, 0) is 19.4 Å². The fourth-order valence-corrected chi connectivity index (χ4v) is 3.41. The smallest absolute Gasteiger partial charge is 0.272 e. The molecule has 4 nitrogen and oxygen atoms in total. The van der Waals surface area contributed by atoms with Gasteiger partial charge < -0.3 is 5.32 Å². The number of carbonyl (C=O) groups excluding carboxylic acids is 1. The number of carbonyl (C=O) groups is 1. The Labute approximate surface area is 151 Å². The maximum atomic E-state index is 14.2. The second-order valence-electron chi connectivity index (χ2n) is 6.66. The monoisotopic (exact) mass is 349 g/mol. The number of fused-ring (bicyclic) bond motifs is 1. The van der Waals surface area contributed by atoms with Crippen molar-refractivity contribution in [1.82, 2.24) is 15.1 Å². The number of aryl methyl sites for hydroxylation is 1.